The Morgan fingerprint density at radius 2 is 2.21 bits per heavy atom. The van der Waals surface area contributed by atoms with Gasteiger partial charge in [-0.25, -0.2) is 4.98 Å². The topological polar surface area (TPSA) is 65.3 Å². The standard InChI is InChI=1S/C12H8BrClN2O3/c13-9-2-1-3-10(16(17)18)12(9)19-7-8-4-5-15-11(14)6-8/h1-6H,7H2. The van der Waals surface area contributed by atoms with E-state index >= 15 is 0 Å². The van der Waals surface area contributed by atoms with Gasteiger partial charge in [0.05, 0.1) is 9.40 Å². The second-order valence-electron chi connectivity index (χ2n) is 3.62. The molecular weight excluding hydrogens is 336 g/mol. The van der Waals surface area contributed by atoms with Gasteiger partial charge in [-0.3, -0.25) is 10.1 Å². The number of ether oxygens (including phenoxy) is 1. The van der Waals surface area contributed by atoms with Gasteiger partial charge in [0.25, 0.3) is 0 Å². The normalized spacial score (nSPS) is 10.2. The van der Waals surface area contributed by atoms with Crippen LogP contribution in [0.15, 0.2) is 41.0 Å². The van der Waals surface area contributed by atoms with E-state index in [-0.39, 0.29) is 18.0 Å². The maximum absolute atomic E-state index is 10.9. The monoisotopic (exact) mass is 342 g/mol. The number of benzene rings is 1. The molecule has 0 aliphatic carbocycles. The summed E-state index contributed by atoms with van der Waals surface area (Å²) in [5.74, 6) is 0.195. The summed E-state index contributed by atoms with van der Waals surface area (Å²) in [6.07, 6.45) is 1.55. The highest BCUT2D eigenvalue weighted by molar-refractivity contribution is 9.10. The van der Waals surface area contributed by atoms with Crippen molar-refractivity contribution in [2.24, 2.45) is 0 Å². The SMILES string of the molecule is O=[N+]([O-])c1cccc(Br)c1OCc1ccnc(Cl)c1. The lowest BCUT2D eigenvalue weighted by Crippen LogP contribution is -2.00. The van der Waals surface area contributed by atoms with Gasteiger partial charge in [-0.2, -0.15) is 0 Å². The van der Waals surface area contributed by atoms with Crippen LogP contribution in [0, 0.1) is 10.1 Å². The Hall–Kier alpha value is -1.66. The number of hydrogen-bond acceptors (Lipinski definition) is 4. The molecule has 19 heavy (non-hydrogen) atoms. The van der Waals surface area contributed by atoms with Crippen LogP contribution in [-0.2, 0) is 6.61 Å². The first-order valence-electron chi connectivity index (χ1n) is 5.24. The first-order chi connectivity index (χ1) is 9.08. The molecule has 1 heterocycles. The molecule has 0 N–H and O–H groups in total. The zero-order chi connectivity index (χ0) is 13.8. The predicted molar refractivity (Wildman–Crippen MR) is 74.4 cm³/mol. The third kappa shape index (κ3) is 3.42. The van der Waals surface area contributed by atoms with Crippen molar-refractivity contribution in [1.29, 1.82) is 0 Å². The van der Waals surface area contributed by atoms with Crippen molar-refractivity contribution in [3.05, 3.63) is 61.8 Å². The minimum atomic E-state index is -0.486. The zero-order valence-corrected chi connectivity index (χ0v) is 11.9. The number of nitrogens with zero attached hydrogens (tertiary/aromatic N) is 2. The number of nitro benzene ring substituents is 1. The van der Waals surface area contributed by atoms with E-state index in [0.29, 0.717) is 9.63 Å². The first kappa shape index (κ1) is 13.8. The Morgan fingerprint density at radius 1 is 1.42 bits per heavy atom. The molecule has 0 atom stereocenters. The Kier molecular flexibility index (Phi) is 4.34. The molecule has 0 saturated heterocycles. The molecule has 0 aliphatic heterocycles. The van der Waals surface area contributed by atoms with E-state index in [9.17, 15) is 10.1 Å². The second kappa shape index (κ2) is 5.99. The Bertz CT molecular complexity index is 622. The van der Waals surface area contributed by atoms with Gasteiger partial charge >= 0.3 is 5.69 Å². The summed E-state index contributed by atoms with van der Waals surface area (Å²) >= 11 is 8.99. The van der Waals surface area contributed by atoms with E-state index in [0.717, 1.165) is 5.56 Å². The summed E-state index contributed by atoms with van der Waals surface area (Å²) in [5, 5.41) is 11.3. The maximum atomic E-state index is 10.9. The Labute approximate surface area is 122 Å². The molecule has 2 rings (SSSR count). The number of nitro groups is 1. The molecular formula is C12H8BrClN2O3. The molecule has 0 unspecified atom stereocenters. The van der Waals surface area contributed by atoms with Gasteiger partial charge in [0.2, 0.25) is 5.75 Å². The highest BCUT2D eigenvalue weighted by atomic mass is 79.9. The number of hydrogen-bond donors (Lipinski definition) is 0. The van der Waals surface area contributed by atoms with Crippen molar-refractivity contribution < 1.29 is 9.66 Å². The molecule has 0 fully saturated rings. The van der Waals surface area contributed by atoms with Crippen LogP contribution in [0.25, 0.3) is 0 Å². The van der Waals surface area contributed by atoms with Crippen LogP contribution in [-0.4, -0.2) is 9.91 Å². The highest BCUT2D eigenvalue weighted by Crippen LogP contribution is 2.35. The van der Waals surface area contributed by atoms with Crippen LogP contribution in [0.3, 0.4) is 0 Å². The number of rotatable bonds is 4. The van der Waals surface area contributed by atoms with Crippen molar-refractivity contribution in [2.75, 3.05) is 0 Å². The van der Waals surface area contributed by atoms with Crippen molar-refractivity contribution in [3.8, 4) is 5.75 Å². The van der Waals surface area contributed by atoms with Crippen LogP contribution >= 0.6 is 27.5 Å². The number of halogens is 2. The Morgan fingerprint density at radius 3 is 2.89 bits per heavy atom. The van der Waals surface area contributed by atoms with Gasteiger partial charge < -0.3 is 4.74 Å². The fourth-order valence-corrected chi connectivity index (χ4v) is 2.14. The molecule has 0 spiro atoms. The maximum Gasteiger partial charge on any atom is 0.312 e. The van der Waals surface area contributed by atoms with Gasteiger partial charge in [0.15, 0.2) is 0 Å². The number of para-hydroxylation sites is 1. The zero-order valence-electron chi connectivity index (χ0n) is 9.55. The third-order valence-corrected chi connectivity index (χ3v) is 3.15. The van der Waals surface area contributed by atoms with Gasteiger partial charge in [-0.15, -0.1) is 0 Å². The van der Waals surface area contributed by atoms with E-state index in [1.807, 2.05) is 0 Å². The minimum absolute atomic E-state index is 0.0884. The lowest BCUT2D eigenvalue weighted by Gasteiger charge is -2.08. The summed E-state index contributed by atoms with van der Waals surface area (Å²) < 4.78 is 6.02. The van der Waals surface area contributed by atoms with Crippen LogP contribution in [0.5, 0.6) is 5.75 Å². The average Bonchev–Trinajstić information content (AvgIpc) is 2.37. The smallest absolute Gasteiger partial charge is 0.312 e. The fraction of sp³-hybridized carbons (Fsp3) is 0.0833. The van der Waals surface area contributed by atoms with Crippen LogP contribution < -0.4 is 4.74 Å². The number of aromatic nitrogens is 1. The van der Waals surface area contributed by atoms with Crippen molar-refractivity contribution in [3.63, 3.8) is 0 Å². The van der Waals surface area contributed by atoms with E-state index in [1.165, 1.54) is 6.07 Å². The molecule has 7 heteroatoms. The molecule has 2 aromatic rings. The average molecular weight is 344 g/mol. The van der Waals surface area contributed by atoms with Gasteiger partial charge in [-0.05, 0) is 39.7 Å². The summed E-state index contributed by atoms with van der Waals surface area (Å²) in [4.78, 5) is 14.3. The van der Waals surface area contributed by atoms with E-state index in [1.54, 1.807) is 30.5 Å². The van der Waals surface area contributed by atoms with Crippen molar-refractivity contribution in [1.82, 2.24) is 4.98 Å². The van der Waals surface area contributed by atoms with Crippen LogP contribution in [0.4, 0.5) is 5.69 Å². The molecule has 0 radical (unpaired) electrons. The molecule has 0 aliphatic rings. The van der Waals surface area contributed by atoms with Crippen molar-refractivity contribution >= 4 is 33.2 Å². The van der Waals surface area contributed by atoms with E-state index in [4.69, 9.17) is 16.3 Å². The summed E-state index contributed by atoms with van der Waals surface area (Å²) in [6, 6.07) is 8.03. The van der Waals surface area contributed by atoms with Gasteiger partial charge in [-0.1, -0.05) is 17.7 Å². The lowest BCUT2D eigenvalue weighted by atomic mass is 10.3. The molecule has 0 amide bonds. The van der Waals surface area contributed by atoms with Gasteiger partial charge in [0, 0.05) is 12.3 Å². The Balaban J connectivity index is 2.22. The van der Waals surface area contributed by atoms with E-state index in [2.05, 4.69) is 20.9 Å². The highest BCUT2D eigenvalue weighted by Gasteiger charge is 2.17. The summed E-state index contributed by atoms with van der Waals surface area (Å²) in [5.41, 5.74) is 0.694. The molecule has 0 saturated carbocycles. The quantitative estimate of drug-likeness (QED) is 0.478. The minimum Gasteiger partial charge on any atom is -0.481 e. The predicted octanol–water partition coefficient (Wildman–Crippen LogP) is 3.98. The molecule has 5 nitrogen and oxygen atoms in total. The largest absolute Gasteiger partial charge is 0.481 e. The second-order valence-corrected chi connectivity index (χ2v) is 4.86. The first-order valence-corrected chi connectivity index (χ1v) is 6.41. The van der Waals surface area contributed by atoms with Gasteiger partial charge in [0.1, 0.15) is 11.8 Å². The molecule has 0 bridgehead atoms. The van der Waals surface area contributed by atoms with E-state index < -0.39 is 4.92 Å². The molecule has 98 valence electrons. The van der Waals surface area contributed by atoms with Crippen molar-refractivity contribution in [2.45, 2.75) is 6.61 Å². The lowest BCUT2D eigenvalue weighted by molar-refractivity contribution is -0.386. The fourth-order valence-electron chi connectivity index (χ4n) is 1.47. The number of pyridine rings is 1. The summed E-state index contributed by atoms with van der Waals surface area (Å²) in [6.45, 7) is 0.172. The molecule has 1 aromatic heterocycles. The van der Waals surface area contributed by atoms with Crippen LogP contribution in [0.2, 0.25) is 5.15 Å². The molecule has 1 aromatic carbocycles. The summed E-state index contributed by atoms with van der Waals surface area (Å²) in [7, 11) is 0. The third-order valence-electron chi connectivity index (χ3n) is 2.32. The van der Waals surface area contributed by atoms with Crippen LogP contribution in [0.1, 0.15) is 5.56 Å².